The standard InChI is InChI=1S/C16H25N3O/c1-11-8-13(16(18)20)6-7-14(11)10-19-12(2)4-3-5-15(19)9-17/h6-8,12,15H,3-5,9-10,17H2,1-2H3,(H2,18,20). The molecule has 4 heteroatoms. The van der Waals surface area contributed by atoms with Gasteiger partial charge in [-0.25, -0.2) is 0 Å². The van der Waals surface area contributed by atoms with Crippen LogP contribution in [0.5, 0.6) is 0 Å². The quantitative estimate of drug-likeness (QED) is 0.880. The zero-order valence-corrected chi connectivity index (χ0v) is 12.4. The Balaban J connectivity index is 2.17. The fraction of sp³-hybridized carbons (Fsp3) is 0.562. The molecule has 0 saturated carbocycles. The highest BCUT2D eigenvalue weighted by atomic mass is 16.1. The summed E-state index contributed by atoms with van der Waals surface area (Å²) in [6.45, 7) is 5.92. The summed E-state index contributed by atoms with van der Waals surface area (Å²) in [5.74, 6) is -0.370. The van der Waals surface area contributed by atoms with Crippen LogP contribution in [0.4, 0.5) is 0 Å². The molecule has 1 aliphatic heterocycles. The number of nitrogens with two attached hydrogens (primary N) is 2. The number of amides is 1. The third-order valence-corrected chi connectivity index (χ3v) is 4.45. The van der Waals surface area contributed by atoms with Crippen LogP contribution in [-0.2, 0) is 6.54 Å². The summed E-state index contributed by atoms with van der Waals surface area (Å²) in [6, 6.07) is 6.74. The molecule has 0 aromatic heterocycles. The highest BCUT2D eigenvalue weighted by molar-refractivity contribution is 5.93. The van der Waals surface area contributed by atoms with E-state index in [1.165, 1.54) is 24.8 Å². The van der Waals surface area contributed by atoms with E-state index in [4.69, 9.17) is 11.5 Å². The molecule has 4 nitrogen and oxygen atoms in total. The Morgan fingerprint density at radius 1 is 1.40 bits per heavy atom. The Bertz CT molecular complexity index is 487. The lowest BCUT2D eigenvalue weighted by Crippen LogP contribution is -2.48. The van der Waals surface area contributed by atoms with Crippen LogP contribution in [0.25, 0.3) is 0 Å². The van der Waals surface area contributed by atoms with E-state index in [9.17, 15) is 4.79 Å². The first-order chi connectivity index (χ1) is 9.52. The summed E-state index contributed by atoms with van der Waals surface area (Å²) >= 11 is 0. The van der Waals surface area contributed by atoms with Gasteiger partial charge in [-0.05, 0) is 49.9 Å². The second kappa shape index (κ2) is 6.37. The Hall–Kier alpha value is -1.39. The summed E-state index contributed by atoms with van der Waals surface area (Å²) in [4.78, 5) is 13.7. The number of primary amides is 1. The number of benzene rings is 1. The van der Waals surface area contributed by atoms with Crippen molar-refractivity contribution in [2.75, 3.05) is 6.54 Å². The zero-order chi connectivity index (χ0) is 14.7. The molecule has 1 fully saturated rings. The lowest BCUT2D eigenvalue weighted by molar-refractivity contribution is 0.0890. The minimum absolute atomic E-state index is 0.370. The molecule has 0 bridgehead atoms. The number of carbonyl (C=O) groups is 1. The van der Waals surface area contributed by atoms with Crippen LogP contribution in [0, 0.1) is 6.92 Å². The van der Waals surface area contributed by atoms with E-state index in [2.05, 4.69) is 11.8 Å². The number of carbonyl (C=O) groups excluding carboxylic acids is 1. The number of likely N-dealkylation sites (tertiary alicyclic amines) is 1. The maximum absolute atomic E-state index is 11.2. The van der Waals surface area contributed by atoms with Crippen molar-refractivity contribution in [2.45, 2.75) is 51.7 Å². The highest BCUT2D eigenvalue weighted by Gasteiger charge is 2.27. The van der Waals surface area contributed by atoms with Crippen molar-refractivity contribution >= 4 is 5.91 Å². The molecular formula is C16H25N3O. The van der Waals surface area contributed by atoms with E-state index in [1.54, 1.807) is 0 Å². The molecule has 20 heavy (non-hydrogen) atoms. The van der Waals surface area contributed by atoms with Crippen molar-refractivity contribution in [3.8, 4) is 0 Å². The highest BCUT2D eigenvalue weighted by Crippen LogP contribution is 2.25. The summed E-state index contributed by atoms with van der Waals surface area (Å²) in [6.07, 6.45) is 3.67. The lowest BCUT2D eigenvalue weighted by Gasteiger charge is -2.40. The second-order valence-electron chi connectivity index (χ2n) is 5.85. The Morgan fingerprint density at radius 2 is 2.15 bits per heavy atom. The molecule has 1 amide bonds. The lowest BCUT2D eigenvalue weighted by atomic mass is 9.94. The zero-order valence-electron chi connectivity index (χ0n) is 12.4. The van der Waals surface area contributed by atoms with Crippen LogP contribution in [-0.4, -0.2) is 29.4 Å². The van der Waals surface area contributed by atoms with E-state index < -0.39 is 0 Å². The van der Waals surface area contributed by atoms with Gasteiger partial charge in [0, 0.05) is 30.7 Å². The van der Waals surface area contributed by atoms with Crippen molar-refractivity contribution in [3.05, 3.63) is 34.9 Å². The van der Waals surface area contributed by atoms with Gasteiger partial charge in [0.25, 0.3) is 0 Å². The van der Waals surface area contributed by atoms with Crippen LogP contribution >= 0.6 is 0 Å². The molecule has 110 valence electrons. The van der Waals surface area contributed by atoms with Gasteiger partial charge in [-0.2, -0.15) is 0 Å². The van der Waals surface area contributed by atoms with Gasteiger partial charge < -0.3 is 11.5 Å². The van der Waals surface area contributed by atoms with Crippen molar-refractivity contribution in [1.82, 2.24) is 4.90 Å². The fourth-order valence-electron chi connectivity index (χ4n) is 3.10. The SMILES string of the molecule is Cc1cc(C(N)=O)ccc1CN1C(C)CCCC1CN. The molecule has 1 heterocycles. The van der Waals surface area contributed by atoms with Gasteiger partial charge in [-0.15, -0.1) is 0 Å². The van der Waals surface area contributed by atoms with E-state index in [-0.39, 0.29) is 5.91 Å². The summed E-state index contributed by atoms with van der Waals surface area (Å²) in [7, 11) is 0. The number of rotatable bonds is 4. The average molecular weight is 275 g/mol. The van der Waals surface area contributed by atoms with Gasteiger partial charge in [0.15, 0.2) is 0 Å². The van der Waals surface area contributed by atoms with Gasteiger partial charge in [0.2, 0.25) is 5.91 Å². The van der Waals surface area contributed by atoms with Crippen LogP contribution in [0.3, 0.4) is 0 Å². The summed E-state index contributed by atoms with van der Waals surface area (Å²) in [5.41, 5.74) is 14.2. The first kappa shape index (κ1) is 15.0. The van der Waals surface area contributed by atoms with Gasteiger partial charge in [0.1, 0.15) is 0 Å². The molecule has 4 N–H and O–H groups in total. The predicted molar refractivity (Wildman–Crippen MR) is 81.4 cm³/mol. The third-order valence-electron chi connectivity index (χ3n) is 4.45. The largest absolute Gasteiger partial charge is 0.366 e. The van der Waals surface area contributed by atoms with Gasteiger partial charge >= 0.3 is 0 Å². The molecule has 1 aromatic rings. The number of aryl methyl sites for hydroxylation is 1. The fourth-order valence-corrected chi connectivity index (χ4v) is 3.10. The summed E-state index contributed by atoms with van der Waals surface area (Å²) < 4.78 is 0. The van der Waals surface area contributed by atoms with Crippen molar-refractivity contribution in [2.24, 2.45) is 11.5 Å². The van der Waals surface area contributed by atoms with Gasteiger partial charge in [0.05, 0.1) is 0 Å². The summed E-state index contributed by atoms with van der Waals surface area (Å²) in [5, 5.41) is 0. The van der Waals surface area contributed by atoms with E-state index in [0.717, 1.165) is 12.1 Å². The Labute approximate surface area is 121 Å². The smallest absolute Gasteiger partial charge is 0.248 e. The molecular weight excluding hydrogens is 250 g/mol. The van der Waals surface area contributed by atoms with E-state index in [0.29, 0.717) is 24.2 Å². The van der Waals surface area contributed by atoms with Crippen LogP contribution in [0.2, 0.25) is 0 Å². The first-order valence-electron chi connectivity index (χ1n) is 7.38. The number of nitrogens with zero attached hydrogens (tertiary/aromatic N) is 1. The third kappa shape index (κ3) is 3.19. The Morgan fingerprint density at radius 3 is 2.75 bits per heavy atom. The first-order valence-corrected chi connectivity index (χ1v) is 7.38. The normalized spacial score (nSPS) is 23.8. The van der Waals surface area contributed by atoms with Gasteiger partial charge in [-0.3, -0.25) is 9.69 Å². The second-order valence-corrected chi connectivity index (χ2v) is 5.85. The topological polar surface area (TPSA) is 72.4 Å². The monoisotopic (exact) mass is 275 g/mol. The molecule has 0 spiro atoms. The maximum Gasteiger partial charge on any atom is 0.248 e. The van der Waals surface area contributed by atoms with Crippen LogP contribution in [0.15, 0.2) is 18.2 Å². The molecule has 2 unspecified atom stereocenters. The average Bonchev–Trinajstić information content (AvgIpc) is 2.42. The van der Waals surface area contributed by atoms with Crippen LogP contribution < -0.4 is 11.5 Å². The van der Waals surface area contributed by atoms with Crippen molar-refractivity contribution in [3.63, 3.8) is 0 Å². The van der Waals surface area contributed by atoms with Crippen molar-refractivity contribution < 1.29 is 4.79 Å². The molecule has 2 rings (SSSR count). The van der Waals surface area contributed by atoms with Gasteiger partial charge in [-0.1, -0.05) is 12.5 Å². The predicted octanol–water partition coefficient (Wildman–Crippen LogP) is 1.80. The molecule has 0 radical (unpaired) electrons. The number of hydrogen-bond acceptors (Lipinski definition) is 3. The van der Waals surface area contributed by atoms with Crippen LogP contribution in [0.1, 0.15) is 47.7 Å². The molecule has 1 aromatic carbocycles. The van der Waals surface area contributed by atoms with E-state index in [1.807, 2.05) is 25.1 Å². The van der Waals surface area contributed by atoms with Crippen molar-refractivity contribution in [1.29, 1.82) is 0 Å². The maximum atomic E-state index is 11.2. The Kier molecular flexibility index (Phi) is 4.78. The molecule has 0 aliphatic carbocycles. The molecule has 1 aliphatic rings. The van der Waals surface area contributed by atoms with E-state index >= 15 is 0 Å². The minimum Gasteiger partial charge on any atom is -0.366 e. The minimum atomic E-state index is -0.370. The molecule has 1 saturated heterocycles. The number of piperidine rings is 1. The molecule has 2 atom stereocenters. The number of hydrogen-bond donors (Lipinski definition) is 2.